The number of anilines is 2. The van der Waals surface area contributed by atoms with Crippen molar-refractivity contribution in [2.24, 2.45) is 36.1 Å². The van der Waals surface area contributed by atoms with Gasteiger partial charge in [0, 0.05) is 40.9 Å². The van der Waals surface area contributed by atoms with Crippen molar-refractivity contribution >= 4 is 73.8 Å². The van der Waals surface area contributed by atoms with Gasteiger partial charge in [0.15, 0.2) is 11.5 Å². The van der Waals surface area contributed by atoms with Crippen molar-refractivity contribution in [3.8, 4) is 22.1 Å². The molecule has 2 aliphatic heterocycles. The molecule has 57 heavy (non-hydrogen) atoms. The number of phenols is 1. The number of hydrogen-bond donors (Lipinski definition) is 1. The summed E-state index contributed by atoms with van der Waals surface area (Å²) in [6.07, 6.45) is 2.23. The number of thiophene rings is 1. The fourth-order valence-electron chi connectivity index (χ4n) is 9.81. The zero-order valence-electron chi connectivity index (χ0n) is 31.3. The first kappa shape index (κ1) is 36.8. The molecular formula is C42H36ClN5O8S. The Kier molecular flexibility index (Phi) is 8.45. The molecule has 4 aliphatic rings. The number of nitrogens with zero attached hydrogens (tertiary/aromatic N) is 5. The van der Waals surface area contributed by atoms with E-state index in [-0.39, 0.29) is 42.3 Å². The van der Waals surface area contributed by atoms with Crippen LogP contribution in [0.4, 0.5) is 17.2 Å². The van der Waals surface area contributed by atoms with E-state index in [9.17, 15) is 29.6 Å². The third-order valence-electron chi connectivity index (χ3n) is 12.4. The Morgan fingerprint density at radius 1 is 1.02 bits per heavy atom. The average molecular weight is 806 g/mol. The van der Waals surface area contributed by atoms with Gasteiger partial charge >= 0.3 is 0 Å². The molecule has 1 saturated carbocycles. The van der Waals surface area contributed by atoms with Gasteiger partial charge in [-0.3, -0.25) is 34.0 Å². The van der Waals surface area contributed by atoms with Crippen LogP contribution in [-0.4, -0.2) is 50.0 Å². The Hall–Kier alpha value is -5.86. The largest absolute Gasteiger partial charge is 0.504 e. The SMILES string of the molecule is CCOc1cc(C2C3=CCC4C(=O)N(c5cccc([N+](=O)[O-])c5)C(=O)C4C3CC3C(=O)N(c4cc(-c5sc6ccc(Cl)cc6c5C)nn4C)C(=O)C32C)ccc1O. The molecule has 3 aromatic carbocycles. The van der Waals surface area contributed by atoms with Crippen LogP contribution in [0.15, 0.2) is 78.4 Å². The van der Waals surface area contributed by atoms with Gasteiger partial charge in [0.25, 0.3) is 5.69 Å². The highest BCUT2D eigenvalue weighted by Crippen LogP contribution is 2.64. The smallest absolute Gasteiger partial charge is 0.271 e. The second-order valence-corrected chi connectivity index (χ2v) is 16.8. The molecule has 9 rings (SSSR count). The maximum atomic E-state index is 15.2. The number of amides is 4. The highest BCUT2D eigenvalue weighted by atomic mass is 35.5. The van der Waals surface area contributed by atoms with Gasteiger partial charge in [-0.15, -0.1) is 11.3 Å². The lowest BCUT2D eigenvalue weighted by molar-refractivity contribution is -0.384. The van der Waals surface area contributed by atoms with E-state index in [4.69, 9.17) is 21.4 Å². The van der Waals surface area contributed by atoms with Crippen molar-refractivity contribution in [1.82, 2.24) is 9.78 Å². The van der Waals surface area contributed by atoms with E-state index in [2.05, 4.69) is 0 Å². The van der Waals surface area contributed by atoms with Crippen LogP contribution in [0.25, 0.3) is 20.7 Å². The number of nitro benzene ring substituents is 1. The van der Waals surface area contributed by atoms with Gasteiger partial charge in [-0.2, -0.15) is 5.10 Å². The third-order valence-corrected chi connectivity index (χ3v) is 13.9. The Bertz CT molecular complexity index is 2650. The van der Waals surface area contributed by atoms with E-state index in [0.717, 1.165) is 31.0 Å². The molecule has 6 unspecified atom stereocenters. The van der Waals surface area contributed by atoms with Gasteiger partial charge in [-0.05, 0) is 92.4 Å². The molecule has 2 aliphatic carbocycles. The van der Waals surface area contributed by atoms with Crippen molar-refractivity contribution < 1.29 is 33.9 Å². The van der Waals surface area contributed by atoms with E-state index in [0.29, 0.717) is 22.1 Å². The van der Waals surface area contributed by atoms with Crippen LogP contribution in [0.3, 0.4) is 0 Å². The van der Waals surface area contributed by atoms with Crippen LogP contribution in [0, 0.1) is 46.1 Å². The molecule has 2 saturated heterocycles. The second-order valence-electron chi connectivity index (χ2n) is 15.3. The van der Waals surface area contributed by atoms with Crippen molar-refractivity contribution in [2.75, 3.05) is 16.4 Å². The fraction of sp³-hybridized carbons (Fsp3) is 0.310. The summed E-state index contributed by atoms with van der Waals surface area (Å²) in [6, 6.07) is 17.7. The van der Waals surface area contributed by atoms with Crippen LogP contribution < -0.4 is 14.5 Å². The molecular weight excluding hydrogens is 770 g/mol. The minimum absolute atomic E-state index is 0.0896. The number of carbonyl (C=O) groups is 4. The Morgan fingerprint density at radius 3 is 2.56 bits per heavy atom. The van der Waals surface area contributed by atoms with Crippen LogP contribution in [0.2, 0.25) is 5.02 Å². The van der Waals surface area contributed by atoms with E-state index in [1.807, 2.05) is 31.2 Å². The standard InChI is InChI=1S/C42H36ClN5O8S/c1-5-56-32-15-21(9-13-31(32)49)36-25-11-12-26-35(40(52)46(38(26)50)23-7-6-8-24(17-23)48(54)55)28(25)18-29-39(51)47(41(53)42(29,36)3)34-19-30(44-45(34)4)37-20(2)27-16-22(43)10-14-33(27)57-37/h6-11,13-17,19,26,28-29,35-36,49H,5,12,18H2,1-4H3. The number of halogens is 1. The zero-order valence-corrected chi connectivity index (χ0v) is 32.8. The van der Waals surface area contributed by atoms with Gasteiger partial charge in [-0.25, -0.2) is 9.80 Å². The Balaban J connectivity index is 1.16. The van der Waals surface area contributed by atoms with Gasteiger partial charge in [-0.1, -0.05) is 35.4 Å². The molecule has 0 radical (unpaired) electrons. The van der Waals surface area contributed by atoms with E-state index < -0.39 is 63.6 Å². The highest BCUT2D eigenvalue weighted by Gasteiger charge is 2.68. The van der Waals surface area contributed by atoms with Crippen LogP contribution in [0.1, 0.15) is 43.7 Å². The molecule has 1 N–H and O–H groups in total. The lowest BCUT2D eigenvalue weighted by Crippen LogP contribution is -2.49. The van der Waals surface area contributed by atoms with Gasteiger partial charge in [0.1, 0.15) is 11.5 Å². The molecule has 290 valence electrons. The molecule has 6 atom stereocenters. The number of non-ortho nitro benzene ring substituents is 1. The molecule has 0 bridgehead atoms. The van der Waals surface area contributed by atoms with E-state index in [1.54, 1.807) is 39.1 Å². The first-order valence-electron chi connectivity index (χ1n) is 18.6. The Morgan fingerprint density at radius 2 is 1.81 bits per heavy atom. The van der Waals surface area contributed by atoms with Gasteiger partial charge < -0.3 is 9.84 Å². The van der Waals surface area contributed by atoms with Crippen molar-refractivity contribution in [1.29, 1.82) is 0 Å². The number of benzene rings is 3. The lowest BCUT2D eigenvalue weighted by Gasteiger charge is -2.49. The first-order chi connectivity index (χ1) is 27.2. The summed E-state index contributed by atoms with van der Waals surface area (Å²) >= 11 is 7.85. The molecule has 2 aromatic heterocycles. The lowest BCUT2D eigenvalue weighted by atomic mass is 9.51. The second kappa shape index (κ2) is 13.1. The number of phenolic OH excluding ortho intramolecular Hbond substituents is 1. The minimum atomic E-state index is -1.35. The number of rotatable bonds is 7. The molecule has 15 heteroatoms. The van der Waals surface area contributed by atoms with Crippen molar-refractivity contribution in [2.45, 2.75) is 39.5 Å². The van der Waals surface area contributed by atoms with Crippen LogP contribution in [-0.2, 0) is 26.2 Å². The highest BCUT2D eigenvalue weighted by molar-refractivity contribution is 7.22. The maximum Gasteiger partial charge on any atom is 0.271 e. The predicted octanol–water partition coefficient (Wildman–Crippen LogP) is 7.71. The quantitative estimate of drug-likeness (QED) is 0.0751. The zero-order chi connectivity index (χ0) is 40.2. The molecule has 4 amide bonds. The van der Waals surface area contributed by atoms with Crippen molar-refractivity contribution in [3.63, 3.8) is 0 Å². The van der Waals surface area contributed by atoms with Crippen molar-refractivity contribution in [3.05, 3.63) is 105 Å². The summed E-state index contributed by atoms with van der Waals surface area (Å²) < 4.78 is 8.32. The minimum Gasteiger partial charge on any atom is -0.504 e. The van der Waals surface area contributed by atoms with Crippen LogP contribution >= 0.6 is 22.9 Å². The van der Waals surface area contributed by atoms with E-state index in [1.165, 1.54) is 51.3 Å². The van der Waals surface area contributed by atoms with Crippen LogP contribution in [0.5, 0.6) is 11.5 Å². The predicted molar refractivity (Wildman–Crippen MR) is 213 cm³/mol. The summed E-state index contributed by atoms with van der Waals surface area (Å²) in [7, 11) is 1.69. The number of nitro groups is 1. The fourth-order valence-corrected chi connectivity index (χ4v) is 11.1. The third kappa shape index (κ3) is 5.29. The number of fused-ring (bicyclic) bond motifs is 5. The summed E-state index contributed by atoms with van der Waals surface area (Å²) in [6.45, 7) is 5.82. The summed E-state index contributed by atoms with van der Waals surface area (Å²) in [5.74, 6) is -5.37. The molecule has 13 nitrogen and oxygen atoms in total. The number of ether oxygens (including phenoxy) is 1. The number of aryl methyl sites for hydroxylation is 2. The number of aromatic nitrogens is 2. The number of carbonyl (C=O) groups excluding carboxylic acids is 4. The Labute approximate surface area is 335 Å². The van der Waals surface area contributed by atoms with Gasteiger partial charge in [0.2, 0.25) is 23.6 Å². The first-order valence-corrected chi connectivity index (χ1v) is 19.8. The summed E-state index contributed by atoms with van der Waals surface area (Å²) in [5.41, 5.74) is 1.42. The maximum absolute atomic E-state index is 15.2. The van der Waals surface area contributed by atoms with E-state index >= 15 is 4.79 Å². The normalized spacial score (nSPS) is 25.5. The average Bonchev–Trinajstić information content (AvgIpc) is 3.86. The molecule has 0 spiro atoms. The molecule has 3 fully saturated rings. The monoisotopic (exact) mass is 805 g/mol. The topological polar surface area (TPSA) is 165 Å². The summed E-state index contributed by atoms with van der Waals surface area (Å²) in [4.78, 5) is 72.8. The number of imide groups is 2. The number of aromatic hydroxyl groups is 1. The number of allylic oxidation sites excluding steroid dienone is 2. The molecule has 4 heterocycles. The van der Waals surface area contributed by atoms with Gasteiger partial charge in [0.05, 0.1) is 45.3 Å². The number of hydrogen-bond acceptors (Lipinski definition) is 10. The molecule has 5 aromatic rings. The summed E-state index contributed by atoms with van der Waals surface area (Å²) in [5, 5.41) is 28.7.